The summed E-state index contributed by atoms with van der Waals surface area (Å²) < 4.78 is 28.4. The van der Waals surface area contributed by atoms with Gasteiger partial charge in [0.2, 0.25) is 0 Å². The van der Waals surface area contributed by atoms with Gasteiger partial charge < -0.3 is 4.74 Å². The van der Waals surface area contributed by atoms with Crippen LogP contribution in [-0.4, -0.2) is 52.6 Å². The van der Waals surface area contributed by atoms with E-state index in [2.05, 4.69) is 9.08 Å². The van der Waals surface area contributed by atoms with E-state index < -0.39 is 11.4 Å². The number of morpholine rings is 1. The van der Waals surface area contributed by atoms with Crippen LogP contribution in [0.1, 0.15) is 6.92 Å². The van der Waals surface area contributed by atoms with Crippen molar-refractivity contribution in [2.75, 3.05) is 32.9 Å². The lowest BCUT2D eigenvalue weighted by molar-refractivity contribution is 0.0110. The van der Waals surface area contributed by atoms with Crippen LogP contribution >= 0.6 is 0 Å². The predicted molar refractivity (Wildman–Crippen MR) is 48.6 cm³/mol. The molecule has 13 heavy (non-hydrogen) atoms. The molecule has 0 saturated carbocycles. The molecule has 0 spiro atoms. The molecule has 0 aromatic carbocycles. The monoisotopic (exact) mass is 209 g/mol. The Balaban J connectivity index is 2.20. The highest BCUT2D eigenvalue weighted by molar-refractivity contribution is 7.74. The molecule has 1 rings (SSSR count). The van der Waals surface area contributed by atoms with Gasteiger partial charge >= 0.3 is 11.4 Å². The number of ether oxygens (including phenoxy) is 1. The summed E-state index contributed by atoms with van der Waals surface area (Å²) in [5.74, 6) is 0. The zero-order chi connectivity index (χ0) is 9.68. The van der Waals surface area contributed by atoms with Crippen LogP contribution in [0.5, 0.6) is 0 Å². The van der Waals surface area contributed by atoms with Gasteiger partial charge in [-0.05, 0) is 6.92 Å². The van der Waals surface area contributed by atoms with Gasteiger partial charge in [0.1, 0.15) is 0 Å². The minimum atomic E-state index is -2.15. The molecule has 1 N–H and O–H groups in total. The summed E-state index contributed by atoms with van der Waals surface area (Å²) in [4.78, 5) is 2.18. The molecule has 0 amide bonds. The highest BCUT2D eigenvalue weighted by atomic mass is 32.2. The Morgan fingerprint density at radius 1 is 1.62 bits per heavy atom. The van der Waals surface area contributed by atoms with Crippen molar-refractivity contribution in [3.05, 3.63) is 0 Å². The molecule has 2 unspecified atom stereocenters. The van der Waals surface area contributed by atoms with E-state index in [1.807, 2.05) is 6.92 Å². The van der Waals surface area contributed by atoms with Crippen molar-refractivity contribution in [3.63, 3.8) is 0 Å². The van der Waals surface area contributed by atoms with Gasteiger partial charge in [-0.3, -0.25) is 13.6 Å². The van der Waals surface area contributed by atoms with Crippen molar-refractivity contribution >= 4 is 11.4 Å². The third-order valence-corrected chi connectivity index (χ3v) is 2.42. The molecule has 1 heterocycles. The normalized spacial score (nSPS) is 24.2. The molecule has 1 saturated heterocycles. The maximum Gasteiger partial charge on any atom is 0.301 e. The van der Waals surface area contributed by atoms with Crippen LogP contribution in [-0.2, 0) is 20.3 Å². The molecule has 0 radical (unpaired) electrons. The third kappa shape index (κ3) is 4.15. The number of rotatable bonds is 4. The fourth-order valence-electron chi connectivity index (χ4n) is 1.28. The van der Waals surface area contributed by atoms with Crippen molar-refractivity contribution in [2.24, 2.45) is 0 Å². The van der Waals surface area contributed by atoms with Gasteiger partial charge in [0.25, 0.3) is 0 Å². The Morgan fingerprint density at radius 2 is 2.23 bits per heavy atom. The zero-order valence-corrected chi connectivity index (χ0v) is 8.46. The first-order valence-electron chi connectivity index (χ1n) is 4.26. The number of hydrogen-bond acceptors (Lipinski definition) is 4. The summed E-state index contributed by atoms with van der Waals surface area (Å²) in [6.07, 6.45) is 0. The van der Waals surface area contributed by atoms with Crippen molar-refractivity contribution in [3.8, 4) is 0 Å². The Kier molecular flexibility index (Phi) is 4.82. The van der Waals surface area contributed by atoms with Crippen LogP contribution in [0.15, 0.2) is 0 Å². The van der Waals surface area contributed by atoms with Gasteiger partial charge in [-0.15, -0.1) is 0 Å². The summed E-state index contributed by atoms with van der Waals surface area (Å²) in [6.45, 7) is 5.44. The van der Waals surface area contributed by atoms with E-state index in [0.717, 1.165) is 26.3 Å². The fourth-order valence-corrected chi connectivity index (χ4v) is 1.59. The molecule has 0 bridgehead atoms. The highest BCUT2D eigenvalue weighted by Gasteiger charge is 2.17. The van der Waals surface area contributed by atoms with Gasteiger partial charge in [-0.25, -0.2) is 0 Å². The summed E-state index contributed by atoms with van der Waals surface area (Å²) >= 11 is -2.15. The summed E-state index contributed by atoms with van der Waals surface area (Å²) in [5, 5.41) is 0. The molecule has 0 aliphatic carbocycles. The van der Waals surface area contributed by atoms with Crippen molar-refractivity contribution in [1.29, 1.82) is 0 Å². The second kappa shape index (κ2) is 5.66. The van der Waals surface area contributed by atoms with Gasteiger partial charge in [-0.2, -0.15) is 4.21 Å². The van der Waals surface area contributed by atoms with Crippen LogP contribution in [0.4, 0.5) is 0 Å². The largest absolute Gasteiger partial charge is 0.379 e. The Hall–Kier alpha value is -0.0100. The average molecular weight is 209 g/mol. The van der Waals surface area contributed by atoms with E-state index >= 15 is 0 Å². The summed E-state index contributed by atoms with van der Waals surface area (Å²) in [7, 11) is 0. The molecule has 0 aromatic heterocycles. The van der Waals surface area contributed by atoms with E-state index in [4.69, 9.17) is 9.29 Å². The van der Waals surface area contributed by atoms with Crippen LogP contribution < -0.4 is 0 Å². The first-order valence-corrected chi connectivity index (χ1v) is 5.29. The number of hydrogen-bond donors (Lipinski definition) is 1. The van der Waals surface area contributed by atoms with Gasteiger partial charge in [0.05, 0.1) is 19.8 Å². The van der Waals surface area contributed by atoms with E-state index in [0.29, 0.717) is 0 Å². The molecular weight excluding hydrogens is 194 g/mol. The van der Waals surface area contributed by atoms with E-state index in [9.17, 15) is 4.21 Å². The lowest BCUT2D eigenvalue weighted by atomic mass is 10.3. The molecular formula is C7H15NO4S. The molecule has 1 aliphatic heterocycles. The predicted octanol–water partition coefficient (Wildman–Crippen LogP) is -0.140. The highest BCUT2D eigenvalue weighted by Crippen LogP contribution is 2.04. The molecule has 1 fully saturated rings. The second-order valence-corrected chi connectivity index (χ2v) is 3.67. The van der Waals surface area contributed by atoms with Crippen LogP contribution in [0.25, 0.3) is 0 Å². The van der Waals surface area contributed by atoms with Crippen LogP contribution in [0, 0.1) is 0 Å². The topological polar surface area (TPSA) is 59.0 Å². The quantitative estimate of drug-likeness (QED) is 0.653. The van der Waals surface area contributed by atoms with Crippen LogP contribution in [0.2, 0.25) is 0 Å². The van der Waals surface area contributed by atoms with E-state index in [-0.39, 0.29) is 12.6 Å². The SMILES string of the molecule is CC(COS(=O)O)N1CCOCC1. The van der Waals surface area contributed by atoms with E-state index in [1.165, 1.54) is 0 Å². The van der Waals surface area contributed by atoms with Crippen LogP contribution in [0.3, 0.4) is 0 Å². The molecule has 1 aliphatic rings. The Bertz CT molecular complexity index is 172. The molecule has 5 nitrogen and oxygen atoms in total. The minimum absolute atomic E-state index is 0.167. The van der Waals surface area contributed by atoms with Crippen molar-refractivity contribution in [2.45, 2.75) is 13.0 Å². The lowest BCUT2D eigenvalue weighted by Gasteiger charge is -2.31. The maximum absolute atomic E-state index is 10.2. The van der Waals surface area contributed by atoms with Gasteiger partial charge in [0, 0.05) is 19.1 Å². The summed E-state index contributed by atoms with van der Waals surface area (Å²) in [5.41, 5.74) is 0. The van der Waals surface area contributed by atoms with Crippen molar-refractivity contribution < 1.29 is 17.7 Å². The first-order chi connectivity index (χ1) is 6.20. The van der Waals surface area contributed by atoms with Gasteiger partial charge in [0.15, 0.2) is 0 Å². The zero-order valence-electron chi connectivity index (χ0n) is 7.64. The molecule has 2 atom stereocenters. The lowest BCUT2D eigenvalue weighted by Crippen LogP contribution is -2.44. The Labute approximate surface area is 80.5 Å². The van der Waals surface area contributed by atoms with Gasteiger partial charge in [-0.1, -0.05) is 0 Å². The minimum Gasteiger partial charge on any atom is -0.379 e. The molecule has 0 aromatic rings. The van der Waals surface area contributed by atoms with Crippen molar-refractivity contribution in [1.82, 2.24) is 4.90 Å². The molecule has 78 valence electrons. The average Bonchev–Trinajstić information content (AvgIpc) is 2.15. The second-order valence-electron chi connectivity index (χ2n) is 3.00. The Morgan fingerprint density at radius 3 is 2.77 bits per heavy atom. The van der Waals surface area contributed by atoms with E-state index in [1.54, 1.807) is 0 Å². The maximum atomic E-state index is 10.2. The fraction of sp³-hybridized carbons (Fsp3) is 1.00. The molecule has 6 heteroatoms. The third-order valence-electron chi connectivity index (χ3n) is 2.08. The number of nitrogens with zero attached hydrogens (tertiary/aromatic N) is 1. The summed E-state index contributed by atoms with van der Waals surface area (Å²) in [6, 6.07) is 0.167. The first kappa shape index (κ1) is 11.1. The smallest absolute Gasteiger partial charge is 0.301 e. The standard InChI is InChI=1S/C7H15NO4S/c1-7(6-12-13(9)10)8-2-4-11-5-3-8/h7H,2-6H2,1H3,(H,9,10).